The fourth-order valence-electron chi connectivity index (χ4n) is 5.38. The molecule has 0 radical (unpaired) electrons. The topological polar surface area (TPSA) is 68.3 Å². The summed E-state index contributed by atoms with van der Waals surface area (Å²) in [6, 6.07) is 27.8. The second-order valence-corrected chi connectivity index (χ2v) is 9.65. The van der Waals surface area contributed by atoms with Gasteiger partial charge in [0, 0.05) is 44.5 Å². The van der Waals surface area contributed by atoms with Gasteiger partial charge >= 0.3 is 0 Å². The smallest absolute Gasteiger partial charge is 0.195 e. The summed E-state index contributed by atoms with van der Waals surface area (Å²) in [6.45, 7) is 3.80. The van der Waals surface area contributed by atoms with Gasteiger partial charge in [-0.1, -0.05) is 108 Å². The van der Waals surface area contributed by atoms with Crippen LogP contribution in [0.3, 0.4) is 0 Å². The van der Waals surface area contributed by atoms with E-state index in [1.807, 2.05) is 50.2 Å². The number of hydrogen-bond donors (Lipinski definition) is 0. The van der Waals surface area contributed by atoms with Gasteiger partial charge in [-0.05, 0) is 25.0 Å². The van der Waals surface area contributed by atoms with Gasteiger partial charge in [-0.2, -0.15) is 0 Å². The van der Waals surface area contributed by atoms with E-state index in [4.69, 9.17) is 0 Å². The van der Waals surface area contributed by atoms with Crippen LogP contribution in [0, 0.1) is 13.8 Å². The van der Waals surface area contributed by atoms with E-state index >= 15 is 0 Å². The zero-order valence-corrected chi connectivity index (χ0v) is 20.9. The lowest BCUT2D eigenvalue weighted by atomic mass is 9.71. The fraction of sp³-hybridized carbons (Fsp3) is 0.0588. The van der Waals surface area contributed by atoms with Crippen molar-refractivity contribution in [3.63, 3.8) is 0 Å². The third-order valence-corrected chi connectivity index (χ3v) is 7.10. The summed E-state index contributed by atoms with van der Waals surface area (Å²) in [6.07, 6.45) is 0. The summed E-state index contributed by atoms with van der Waals surface area (Å²) in [5.74, 6) is -1.60. The Labute approximate surface area is 220 Å². The van der Waals surface area contributed by atoms with Crippen LogP contribution >= 0.6 is 0 Å². The third-order valence-electron chi connectivity index (χ3n) is 7.10. The minimum atomic E-state index is -0.447. The summed E-state index contributed by atoms with van der Waals surface area (Å²) >= 11 is 0. The highest BCUT2D eigenvalue weighted by Crippen LogP contribution is 2.43. The zero-order valence-electron chi connectivity index (χ0n) is 20.9. The number of benzene rings is 4. The van der Waals surface area contributed by atoms with E-state index in [0.29, 0.717) is 11.1 Å². The van der Waals surface area contributed by atoms with Crippen molar-refractivity contribution in [3.05, 3.63) is 153 Å². The molecule has 2 aliphatic rings. The van der Waals surface area contributed by atoms with E-state index < -0.39 is 11.6 Å². The van der Waals surface area contributed by atoms with Crippen LogP contribution in [0.2, 0.25) is 0 Å². The second kappa shape index (κ2) is 8.86. The van der Waals surface area contributed by atoms with Gasteiger partial charge in [-0.15, -0.1) is 0 Å². The number of allylic oxidation sites excluding steroid dienone is 4. The van der Waals surface area contributed by atoms with Crippen LogP contribution in [0.5, 0.6) is 0 Å². The van der Waals surface area contributed by atoms with Gasteiger partial charge in [0.15, 0.2) is 23.1 Å². The molecule has 0 spiro atoms. The van der Waals surface area contributed by atoms with Crippen molar-refractivity contribution in [3.8, 4) is 0 Å². The fourth-order valence-corrected chi connectivity index (χ4v) is 5.38. The number of carbonyl (C=O) groups is 4. The Hall–Kier alpha value is -4.96. The van der Waals surface area contributed by atoms with Crippen molar-refractivity contribution in [1.29, 1.82) is 0 Å². The maximum atomic E-state index is 14.2. The molecular formula is C34H22O4. The highest BCUT2D eigenvalue weighted by Gasteiger charge is 2.42. The van der Waals surface area contributed by atoms with Gasteiger partial charge in [0.05, 0.1) is 0 Å². The van der Waals surface area contributed by atoms with Gasteiger partial charge < -0.3 is 0 Å². The number of hydrogen-bond acceptors (Lipinski definition) is 4. The molecule has 0 amide bonds. The molecule has 0 aromatic heterocycles. The van der Waals surface area contributed by atoms with Gasteiger partial charge in [-0.25, -0.2) is 0 Å². The lowest BCUT2D eigenvalue weighted by Crippen LogP contribution is -2.29. The molecule has 4 heteroatoms. The number of aryl methyl sites for hydroxylation is 2. The number of rotatable bonds is 3. The van der Waals surface area contributed by atoms with Gasteiger partial charge in [0.1, 0.15) is 0 Å². The molecule has 4 nitrogen and oxygen atoms in total. The highest BCUT2D eigenvalue weighted by molar-refractivity contribution is 6.49. The van der Waals surface area contributed by atoms with Crippen LogP contribution in [0.15, 0.2) is 108 Å². The third kappa shape index (κ3) is 3.53. The summed E-state index contributed by atoms with van der Waals surface area (Å²) < 4.78 is 0. The summed E-state index contributed by atoms with van der Waals surface area (Å²) in [5.41, 5.74) is 4.10. The molecule has 0 unspecified atom stereocenters. The Morgan fingerprint density at radius 3 is 1.00 bits per heavy atom. The monoisotopic (exact) mass is 494 g/mol. The first kappa shape index (κ1) is 23.4. The van der Waals surface area contributed by atoms with Gasteiger partial charge in [0.2, 0.25) is 0 Å². The Kier molecular flexibility index (Phi) is 5.46. The zero-order chi connectivity index (χ0) is 26.6. The maximum absolute atomic E-state index is 14.2. The van der Waals surface area contributed by atoms with Crippen molar-refractivity contribution < 1.29 is 19.2 Å². The van der Waals surface area contributed by atoms with Crippen LogP contribution in [0.4, 0.5) is 0 Å². The molecule has 0 heterocycles. The molecule has 0 N–H and O–H groups in total. The quantitative estimate of drug-likeness (QED) is 0.319. The molecule has 2 aliphatic carbocycles. The second-order valence-electron chi connectivity index (χ2n) is 9.65. The molecule has 0 saturated heterocycles. The van der Waals surface area contributed by atoms with E-state index in [-0.39, 0.29) is 56.1 Å². The Bertz CT molecular complexity index is 1670. The summed E-state index contributed by atoms with van der Waals surface area (Å²) in [5, 5.41) is 0. The standard InChI is InChI=1S/C34H22O4/c1-19-9-7-11-21(17-19)27-29(33(37)25-15-5-3-13-23(25)31(27)35)30-28(22-12-8-10-20(2)18-22)32(36)24-14-4-6-16-26(24)34(30)38/h3-18H,1-2H3. The molecule has 0 atom stereocenters. The highest BCUT2D eigenvalue weighted by atomic mass is 16.1. The Morgan fingerprint density at radius 1 is 0.368 bits per heavy atom. The van der Waals surface area contributed by atoms with E-state index in [2.05, 4.69) is 0 Å². The van der Waals surface area contributed by atoms with Crippen molar-refractivity contribution in [2.75, 3.05) is 0 Å². The predicted octanol–water partition coefficient (Wildman–Crippen LogP) is 6.67. The predicted molar refractivity (Wildman–Crippen MR) is 146 cm³/mol. The first-order valence-electron chi connectivity index (χ1n) is 12.4. The van der Waals surface area contributed by atoms with E-state index in [0.717, 1.165) is 11.1 Å². The van der Waals surface area contributed by atoms with Crippen LogP contribution < -0.4 is 0 Å². The Morgan fingerprint density at radius 2 is 0.684 bits per heavy atom. The van der Waals surface area contributed by atoms with E-state index in [1.165, 1.54) is 0 Å². The van der Waals surface area contributed by atoms with Crippen molar-refractivity contribution in [2.45, 2.75) is 13.8 Å². The molecule has 0 aliphatic heterocycles. The van der Waals surface area contributed by atoms with E-state index in [9.17, 15) is 19.2 Å². The molecule has 0 saturated carbocycles. The molecule has 0 bridgehead atoms. The van der Waals surface area contributed by atoms with Crippen molar-refractivity contribution in [1.82, 2.24) is 0 Å². The van der Waals surface area contributed by atoms with Crippen LogP contribution in [-0.4, -0.2) is 23.1 Å². The number of fused-ring (bicyclic) bond motifs is 2. The lowest BCUT2D eigenvalue weighted by molar-refractivity contribution is 0.0969. The van der Waals surface area contributed by atoms with Gasteiger partial charge in [-0.3, -0.25) is 19.2 Å². The molecule has 4 aromatic rings. The SMILES string of the molecule is Cc1cccc(C2=C(C3=C(c4cccc(C)c4)C(=O)c4ccccc4C3=O)C(=O)c3ccccc3C2=O)c1. The minimum absolute atomic E-state index is 0.0244. The van der Waals surface area contributed by atoms with Crippen LogP contribution in [0.1, 0.15) is 63.7 Å². The Balaban J connectivity index is 1.78. The molecule has 4 aromatic carbocycles. The number of Topliss-reactive ketones (excluding diaryl/α,β-unsaturated/α-hetero) is 4. The normalized spacial score (nSPS) is 15.1. The summed E-state index contributed by atoms with van der Waals surface area (Å²) in [7, 11) is 0. The van der Waals surface area contributed by atoms with Crippen LogP contribution in [-0.2, 0) is 0 Å². The average molecular weight is 495 g/mol. The van der Waals surface area contributed by atoms with Crippen LogP contribution in [0.25, 0.3) is 11.1 Å². The molecule has 182 valence electrons. The average Bonchev–Trinajstić information content (AvgIpc) is 2.92. The largest absolute Gasteiger partial charge is 0.289 e. The first-order chi connectivity index (χ1) is 18.4. The lowest BCUT2D eigenvalue weighted by Gasteiger charge is -2.27. The molecular weight excluding hydrogens is 472 g/mol. The molecule has 38 heavy (non-hydrogen) atoms. The minimum Gasteiger partial charge on any atom is -0.289 e. The summed E-state index contributed by atoms with van der Waals surface area (Å²) in [4.78, 5) is 56.5. The molecule has 0 fully saturated rings. The maximum Gasteiger partial charge on any atom is 0.195 e. The van der Waals surface area contributed by atoms with Crippen molar-refractivity contribution >= 4 is 34.3 Å². The van der Waals surface area contributed by atoms with E-state index in [1.54, 1.807) is 60.7 Å². The number of carbonyl (C=O) groups excluding carboxylic acids is 4. The van der Waals surface area contributed by atoms with Crippen molar-refractivity contribution in [2.24, 2.45) is 0 Å². The number of ketones is 4. The molecule has 6 rings (SSSR count). The first-order valence-corrected chi connectivity index (χ1v) is 12.4. The van der Waals surface area contributed by atoms with Gasteiger partial charge in [0.25, 0.3) is 0 Å².